The third-order valence-electron chi connectivity index (χ3n) is 2.81. The van der Waals surface area contributed by atoms with Gasteiger partial charge in [-0.2, -0.15) is 0 Å². The maximum atomic E-state index is 5.71. The molecule has 0 aliphatic heterocycles. The van der Waals surface area contributed by atoms with Gasteiger partial charge in [0.2, 0.25) is 0 Å². The van der Waals surface area contributed by atoms with Crippen molar-refractivity contribution in [3.05, 3.63) is 42.1 Å². The quantitative estimate of drug-likeness (QED) is 0.726. The predicted molar refractivity (Wildman–Crippen MR) is 77.1 cm³/mol. The zero-order chi connectivity index (χ0) is 13.1. The summed E-state index contributed by atoms with van der Waals surface area (Å²) in [6, 6.07) is 8.42. The van der Waals surface area contributed by atoms with Crippen LogP contribution >= 0.6 is 0 Å². The molecule has 2 rings (SSSR count). The van der Waals surface area contributed by atoms with Crippen LogP contribution in [0.15, 0.2) is 42.1 Å². The van der Waals surface area contributed by atoms with E-state index in [0.29, 0.717) is 0 Å². The third-order valence-corrected chi connectivity index (χ3v) is 2.81. The van der Waals surface area contributed by atoms with Crippen LogP contribution in [0, 0.1) is 0 Å². The minimum absolute atomic E-state index is 0.218. The van der Waals surface area contributed by atoms with Crippen molar-refractivity contribution in [1.82, 2.24) is 4.57 Å². The van der Waals surface area contributed by atoms with Gasteiger partial charge in [-0.05, 0) is 52.0 Å². The first kappa shape index (κ1) is 12.7. The van der Waals surface area contributed by atoms with Gasteiger partial charge < -0.3 is 9.30 Å². The first-order chi connectivity index (χ1) is 8.56. The summed E-state index contributed by atoms with van der Waals surface area (Å²) in [5, 5.41) is 1.23. The molecule has 2 heteroatoms. The maximum Gasteiger partial charge on any atom is 0.120 e. The van der Waals surface area contributed by atoms with E-state index in [1.807, 2.05) is 19.9 Å². The van der Waals surface area contributed by atoms with Crippen molar-refractivity contribution < 1.29 is 4.74 Å². The van der Waals surface area contributed by atoms with Crippen LogP contribution < -0.4 is 4.74 Å². The van der Waals surface area contributed by atoms with Crippen molar-refractivity contribution in [2.75, 3.05) is 0 Å². The fraction of sp³-hybridized carbons (Fsp3) is 0.375. The van der Waals surface area contributed by atoms with Gasteiger partial charge in [0.05, 0.1) is 6.10 Å². The second-order valence-electron chi connectivity index (χ2n) is 5.14. The molecule has 0 saturated heterocycles. The fourth-order valence-electron chi connectivity index (χ4n) is 1.96. The minimum Gasteiger partial charge on any atom is -0.491 e. The van der Waals surface area contributed by atoms with Gasteiger partial charge in [-0.15, -0.1) is 0 Å². The van der Waals surface area contributed by atoms with E-state index in [-0.39, 0.29) is 6.10 Å². The summed E-state index contributed by atoms with van der Waals surface area (Å²) < 4.78 is 7.96. The lowest BCUT2D eigenvalue weighted by Crippen LogP contribution is -2.05. The Balaban J connectivity index is 2.29. The van der Waals surface area contributed by atoms with Crippen LogP contribution in [0.1, 0.15) is 27.7 Å². The summed E-state index contributed by atoms with van der Waals surface area (Å²) in [5.41, 5.74) is 2.60. The first-order valence-electron chi connectivity index (χ1n) is 6.45. The maximum absolute atomic E-state index is 5.71. The first-order valence-corrected chi connectivity index (χ1v) is 6.45. The molecule has 1 aromatic heterocycles. The highest BCUT2D eigenvalue weighted by atomic mass is 16.5. The van der Waals surface area contributed by atoms with Crippen molar-refractivity contribution in [2.24, 2.45) is 0 Å². The van der Waals surface area contributed by atoms with Gasteiger partial charge in [0.1, 0.15) is 5.75 Å². The molecule has 1 heterocycles. The number of ether oxygens (including phenoxy) is 1. The molecule has 0 saturated carbocycles. The molecule has 96 valence electrons. The standard InChI is InChI=1S/C16H21NO/c1-12(2)7-9-17-10-8-14-11-15(18-13(3)4)5-6-16(14)17/h5-8,10-11,13H,9H2,1-4H3. The predicted octanol–water partition coefficient (Wildman–Crippen LogP) is 4.39. The Morgan fingerprint density at radius 1 is 1.28 bits per heavy atom. The molecule has 2 nitrogen and oxygen atoms in total. The summed E-state index contributed by atoms with van der Waals surface area (Å²) in [5.74, 6) is 0.942. The molecular weight excluding hydrogens is 222 g/mol. The topological polar surface area (TPSA) is 14.2 Å². The van der Waals surface area contributed by atoms with Crippen LogP contribution in [0.2, 0.25) is 0 Å². The van der Waals surface area contributed by atoms with Gasteiger partial charge in [0.25, 0.3) is 0 Å². The van der Waals surface area contributed by atoms with Gasteiger partial charge in [-0.1, -0.05) is 11.6 Å². The van der Waals surface area contributed by atoms with E-state index < -0.39 is 0 Å². The molecule has 0 bridgehead atoms. The molecule has 0 aliphatic carbocycles. The molecule has 0 aliphatic rings. The van der Waals surface area contributed by atoms with Crippen LogP contribution in [-0.2, 0) is 6.54 Å². The number of benzene rings is 1. The van der Waals surface area contributed by atoms with Crippen molar-refractivity contribution in [1.29, 1.82) is 0 Å². The monoisotopic (exact) mass is 243 g/mol. The Bertz CT molecular complexity index is 559. The molecule has 0 atom stereocenters. The number of nitrogens with zero attached hydrogens (tertiary/aromatic N) is 1. The summed E-state index contributed by atoms with van der Waals surface area (Å²) in [6.07, 6.45) is 4.58. The average molecular weight is 243 g/mol. The van der Waals surface area contributed by atoms with Gasteiger partial charge >= 0.3 is 0 Å². The highest BCUT2D eigenvalue weighted by Gasteiger charge is 2.03. The zero-order valence-corrected chi connectivity index (χ0v) is 11.6. The Morgan fingerprint density at radius 2 is 2.06 bits per heavy atom. The lowest BCUT2D eigenvalue weighted by molar-refractivity contribution is 0.243. The van der Waals surface area contributed by atoms with E-state index in [4.69, 9.17) is 4.74 Å². The van der Waals surface area contributed by atoms with E-state index in [0.717, 1.165) is 12.3 Å². The van der Waals surface area contributed by atoms with E-state index in [2.05, 4.69) is 48.9 Å². The largest absolute Gasteiger partial charge is 0.491 e. The zero-order valence-electron chi connectivity index (χ0n) is 11.6. The van der Waals surface area contributed by atoms with E-state index in [1.165, 1.54) is 16.5 Å². The fourth-order valence-corrected chi connectivity index (χ4v) is 1.96. The summed E-state index contributed by atoms with van der Waals surface area (Å²) in [4.78, 5) is 0. The summed E-state index contributed by atoms with van der Waals surface area (Å²) in [6.45, 7) is 9.27. The number of aromatic nitrogens is 1. The van der Waals surface area contributed by atoms with Crippen LogP contribution in [0.4, 0.5) is 0 Å². The van der Waals surface area contributed by atoms with Crippen LogP contribution in [-0.4, -0.2) is 10.7 Å². The van der Waals surface area contributed by atoms with Gasteiger partial charge in [-0.25, -0.2) is 0 Å². The molecule has 0 radical (unpaired) electrons. The van der Waals surface area contributed by atoms with Gasteiger partial charge in [-0.3, -0.25) is 0 Å². The number of fused-ring (bicyclic) bond motifs is 1. The van der Waals surface area contributed by atoms with Crippen molar-refractivity contribution in [3.63, 3.8) is 0 Å². The summed E-state index contributed by atoms with van der Waals surface area (Å²) in [7, 11) is 0. The highest BCUT2D eigenvalue weighted by Crippen LogP contribution is 2.23. The third kappa shape index (κ3) is 2.95. The molecule has 0 amide bonds. The molecule has 18 heavy (non-hydrogen) atoms. The number of allylic oxidation sites excluding steroid dienone is 2. The van der Waals surface area contributed by atoms with Crippen LogP contribution in [0.3, 0.4) is 0 Å². The normalized spacial score (nSPS) is 10.9. The van der Waals surface area contributed by atoms with Crippen molar-refractivity contribution in [3.8, 4) is 5.75 Å². The molecule has 2 aromatic rings. The molecule has 0 N–H and O–H groups in total. The Kier molecular flexibility index (Phi) is 3.75. The number of hydrogen-bond donors (Lipinski definition) is 0. The molecular formula is C16H21NO. The minimum atomic E-state index is 0.218. The Morgan fingerprint density at radius 3 is 2.72 bits per heavy atom. The molecule has 0 fully saturated rings. The van der Waals surface area contributed by atoms with Gasteiger partial charge in [0.15, 0.2) is 0 Å². The highest BCUT2D eigenvalue weighted by molar-refractivity contribution is 5.81. The SMILES string of the molecule is CC(C)=CCn1ccc2cc(OC(C)C)ccc21. The van der Waals surface area contributed by atoms with Gasteiger partial charge in [0, 0.05) is 23.6 Å². The summed E-state index contributed by atoms with van der Waals surface area (Å²) >= 11 is 0. The molecule has 0 spiro atoms. The number of rotatable bonds is 4. The Labute approximate surface area is 109 Å². The smallest absolute Gasteiger partial charge is 0.120 e. The second kappa shape index (κ2) is 5.30. The Hall–Kier alpha value is -1.70. The average Bonchev–Trinajstić information content (AvgIpc) is 2.68. The number of hydrogen-bond acceptors (Lipinski definition) is 1. The van der Waals surface area contributed by atoms with Crippen LogP contribution in [0.5, 0.6) is 5.75 Å². The molecule has 0 unspecified atom stereocenters. The molecule has 1 aromatic carbocycles. The van der Waals surface area contributed by atoms with E-state index >= 15 is 0 Å². The van der Waals surface area contributed by atoms with E-state index in [1.54, 1.807) is 0 Å². The van der Waals surface area contributed by atoms with Crippen molar-refractivity contribution >= 4 is 10.9 Å². The second-order valence-corrected chi connectivity index (χ2v) is 5.14. The lowest BCUT2D eigenvalue weighted by Gasteiger charge is -2.10. The van der Waals surface area contributed by atoms with E-state index in [9.17, 15) is 0 Å². The van der Waals surface area contributed by atoms with Crippen molar-refractivity contribution in [2.45, 2.75) is 40.3 Å². The van der Waals surface area contributed by atoms with Crippen LogP contribution in [0.25, 0.3) is 10.9 Å². The lowest BCUT2D eigenvalue weighted by atomic mass is 10.2.